The van der Waals surface area contributed by atoms with Crippen LogP contribution in [0.15, 0.2) is 72.4 Å². The van der Waals surface area contributed by atoms with Crippen molar-refractivity contribution in [2.45, 2.75) is 19.3 Å². The molecule has 0 radical (unpaired) electrons. The summed E-state index contributed by atoms with van der Waals surface area (Å²) in [6, 6.07) is 20.0. The fourth-order valence-electron chi connectivity index (χ4n) is 4.11. The molecular weight excluding hydrogens is 348 g/mol. The number of rotatable bonds is 3. The van der Waals surface area contributed by atoms with E-state index in [1.807, 2.05) is 55.6 Å². The van der Waals surface area contributed by atoms with Gasteiger partial charge in [-0.3, -0.25) is 4.79 Å². The number of allylic oxidation sites excluding steroid dienone is 1. The van der Waals surface area contributed by atoms with Crippen LogP contribution >= 0.6 is 0 Å². The van der Waals surface area contributed by atoms with Crippen molar-refractivity contribution in [1.82, 2.24) is 0 Å². The summed E-state index contributed by atoms with van der Waals surface area (Å²) in [5.74, 6) is 0.650. The topological polar surface area (TPSA) is 41.6 Å². The fraction of sp³-hybridized carbons (Fsp3) is 0.208. The number of para-hydroxylation sites is 1. The number of carbonyl (C=O) groups is 1. The number of likely N-dealkylation sites (N-methyl/N-ethyl adjacent to an activating group) is 1. The van der Waals surface area contributed by atoms with Crippen LogP contribution in [0, 0.1) is 0 Å². The lowest BCUT2D eigenvalue weighted by atomic mass is 9.84. The van der Waals surface area contributed by atoms with Gasteiger partial charge in [-0.05, 0) is 23.8 Å². The van der Waals surface area contributed by atoms with Crippen molar-refractivity contribution in [2.75, 3.05) is 24.4 Å². The van der Waals surface area contributed by atoms with Crippen molar-refractivity contribution >= 4 is 28.1 Å². The highest BCUT2D eigenvalue weighted by Crippen LogP contribution is 2.46. The highest BCUT2D eigenvalue weighted by atomic mass is 16.5. The molecule has 4 nitrogen and oxygen atoms in total. The standard InChI is InChI=1S/C24H24N2O2/c1-24(2)18-11-7-8-12-20(18)26(3)22(24)15-23(27)25-19-13-14-21(28-4)17-10-6-5-9-16(17)19/h5-15H,1-4H3,(H,25,27)/b22-15+. The van der Waals surface area contributed by atoms with Gasteiger partial charge in [0.15, 0.2) is 0 Å². The number of methoxy groups -OCH3 is 1. The molecule has 0 unspecified atom stereocenters. The lowest BCUT2D eigenvalue weighted by Gasteiger charge is -2.24. The lowest BCUT2D eigenvalue weighted by molar-refractivity contribution is -0.112. The number of carbonyl (C=O) groups excluding carboxylic acids is 1. The molecule has 0 aromatic heterocycles. The molecule has 1 aliphatic heterocycles. The number of hydrogen-bond acceptors (Lipinski definition) is 3. The SMILES string of the molecule is COc1ccc(NC(=O)/C=C2/N(C)c3ccccc3C2(C)C)c2ccccc12. The van der Waals surface area contributed by atoms with Gasteiger partial charge in [0.25, 0.3) is 0 Å². The Morgan fingerprint density at radius 3 is 2.39 bits per heavy atom. The van der Waals surface area contributed by atoms with Crippen LogP contribution in [0.2, 0.25) is 0 Å². The average Bonchev–Trinajstić information content (AvgIpc) is 2.89. The second kappa shape index (κ2) is 6.71. The average molecular weight is 372 g/mol. The molecule has 1 amide bonds. The van der Waals surface area contributed by atoms with Crippen molar-refractivity contribution in [2.24, 2.45) is 0 Å². The molecule has 1 heterocycles. The van der Waals surface area contributed by atoms with E-state index in [2.05, 4.69) is 36.2 Å². The van der Waals surface area contributed by atoms with E-state index < -0.39 is 0 Å². The molecule has 28 heavy (non-hydrogen) atoms. The van der Waals surface area contributed by atoms with Gasteiger partial charge in [-0.15, -0.1) is 0 Å². The third kappa shape index (κ3) is 2.82. The van der Waals surface area contributed by atoms with E-state index in [1.165, 1.54) is 5.56 Å². The zero-order valence-corrected chi connectivity index (χ0v) is 16.6. The van der Waals surface area contributed by atoms with Gasteiger partial charge in [0.2, 0.25) is 5.91 Å². The minimum absolute atomic E-state index is 0.141. The number of benzene rings is 3. The Hall–Kier alpha value is -3.27. The molecule has 1 aliphatic rings. The number of anilines is 2. The van der Waals surface area contributed by atoms with Gasteiger partial charge in [0.05, 0.1) is 7.11 Å². The summed E-state index contributed by atoms with van der Waals surface area (Å²) in [6.45, 7) is 4.30. The Morgan fingerprint density at radius 1 is 1.00 bits per heavy atom. The van der Waals surface area contributed by atoms with Crippen molar-refractivity contribution in [3.8, 4) is 5.75 Å². The van der Waals surface area contributed by atoms with Crippen LogP contribution in [0.4, 0.5) is 11.4 Å². The fourth-order valence-corrected chi connectivity index (χ4v) is 4.11. The van der Waals surface area contributed by atoms with Crippen LogP contribution in [-0.2, 0) is 10.2 Å². The third-order valence-corrected chi connectivity index (χ3v) is 5.57. The van der Waals surface area contributed by atoms with E-state index in [1.54, 1.807) is 13.2 Å². The lowest BCUT2D eigenvalue weighted by Crippen LogP contribution is -2.25. The Balaban J connectivity index is 1.68. The molecule has 0 atom stereocenters. The number of ether oxygens (including phenoxy) is 1. The van der Waals surface area contributed by atoms with Gasteiger partial charge in [0.1, 0.15) is 5.75 Å². The number of nitrogens with zero attached hydrogens (tertiary/aromatic N) is 1. The minimum Gasteiger partial charge on any atom is -0.496 e. The van der Waals surface area contributed by atoms with E-state index in [0.29, 0.717) is 0 Å². The van der Waals surface area contributed by atoms with Crippen molar-refractivity contribution in [1.29, 1.82) is 0 Å². The molecule has 0 spiro atoms. The molecule has 4 heteroatoms. The summed E-state index contributed by atoms with van der Waals surface area (Å²) in [4.78, 5) is 15.0. The van der Waals surface area contributed by atoms with Crippen molar-refractivity contribution in [3.05, 3.63) is 78.0 Å². The first-order chi connectivity index (χ1) is 13.4. The molecule has 3 aromatic carbocycles. The van der Waals surface area contributed by atoms with E-state index in [4.69, 9.17) is 4.74 Å². The first-order valence-electron chi connectivity index (χ1n) is 9.35. The molecule has 4 rings (SSSR count). The first kappa shape index (κ1) is 18.1. The quantitative estimate of drug-likeness (QED) is 0.651. The van der Waals surface area contributed by atoms with Crippen LogP contribution in [0.3, 0.4) is 0 Å². The zero-order valence-electron chi connectivity index (χ0n) is 16.6. The van der Waals surface area contributed by atoms with Crippen molar-refractivity contribution in [3.63, 3.8) is 0 Å². The van der Waals surface area contributed by atoms with Gasteiger partial charge < -0.3 is 15.0 Å². The minimum atomic E-state index is -0.231. The van der Waals surface area contributed by atoms with E-state index in [0.717, 1.165) is 33.6 Å². The van der Waals surface area contributed by atoms with Crippen molar-refractivity contribution < 1.29 is 9.53 Å². The molecule has 0 bridgehead atoms. The normalized spacial score (nSPS) is 16.3. The number of hydrogen-bond donors (Lipinski definition) is 1. The molecule has 1 N–H and O–H groups in total. The van der Waals surface area contributed by atoms with Gasteiger partial charge in [-0.25, -0.2) is 0 Å². The summed E-state index contributed by atoms with van der Waals surface area (Å²) in [7, 11) is 3.66. The largest absolute Gasteiger partial charge is 0.496 e. The molecule has 0 saturated heterocycles. The maximum Gasteiger partial charge on any atom is 0.250 e. The van der Waals surface area contributed by atoms with Gasteiger partial charge in [-0.2, -0.15) is 0 Å². The van der Waals surface area contributed by atoms with E-state index in [9.17, 15) is 4.79 Å². The summed E-state index contributed by atoms with van der Waals surface area (Å²) in [5, 5.41) is 4.98. The maximum atomic E-state index is 12.9. The maximum absolute atomic E-state index is 12.9. The van der Waals surface area contributed by atoms with Crippen LogP contribution in [0.25, 0.3) is 10.8 Å². The Labute approximate surface area is 165 Å². The van der Waals surface area contributed by atoms with Gasteiger partial charge in [0, 0.05) is 46.4 Å². The van der Waals surface area contributed by atoms with Crippen LogP contribution in [0.1, 0.15) is 19.4 Å². The molecule has 0 fully saturated rings. The van der Waals surface area contributed by atoms with Crippen LogP contribution in [0.5, 0.6) is 5.75 Å². The molecular formula is C24H24N2O2. The predicted octanol–water partition coefficient (Wildman–Crippen LogP) is 5.10. The summed E-state index contributed by atoms with van der Waals surface area (Å²) in [5.41, 5.74) is 3.89. The monoisotopic (exact) mass is 372 g/mol. The van der Waals surface area contributed by atoms with Crippen LogP contribution in [-0.4, -0.2) is 20.1 Å². The second-order valence-electron chi connectivity index (χ2n) is 7.58. The number of fused-ring (bicyclic) bond motifs is 2. The summed E-state index contributed by atoms with van der Waals surface area (Å²) in [6.07, 6.45) is 1.71. The Morgan fingerprint density at radius 2 is 1.68 bits per heavy atom. The summed E-state index contributed by atoms with van der Waals surface area (Å²) >= 11 is 0. The predicted molar refractivity (Wildman–Crippen MR) is 115 cm³/mol. The van der Waals surface area contributed by atoms with Gasteiger partial charge in [-0.1, -0.05) is 56.3 Å². The Kier molecular flexibility index (Phi) is 4.34. The van der Waals surface area contributed by atoms with Gasteiger partial charge >= 0.3 is 0 Å². The van der Waals surface area contributed by atoms with E-state index >= 15 is 0 Å². The molecule has 142 valence electrons. The molecule has 0 aliphatic carbocycles. The third-order valence-electron chi connectivity index (χ3n) is 5.57. The number of amides is 1. The van der Waals surface area contributed by atoms with Crippen LogP contribution < -0.4 is 15.0 Å². The van der Waals surface area contributed by atoms with E-state index in [-0.39, 0.29) is 11.3 Å². The smallest absolute Gasteiger partial charge is 0.250 e. The highest BCUT2D eigenvalue weighted by Gasteiger charge is 2.38. The molecule has 0 saturated carbocycles. The highest BCUT2D eigenvalue weighted by molar-refractivity contribution is 6.08. The summed E-state index contributed by atoms with van der Waals surface area (Å²) < 4.78 is 5.44. The molecule has 3 aromatic rings. The first-order valence-corrected chi connectivity index (χ1v) is 9.35. The Bertz CT molecular complexity index is 1100. The zero-order chi connectivity index (χ0) is 19.9. The number of nitrogens with one attached hydrogen (secondary N) is 1. The second-order valence-corrected chi connectivity index (χ2v) is 7.58.